The van der Waals surface area contributed by atoms with E-state index < -0.39 is 23.4 Å². The minimum Gasteiger partial charge on any atom is -0.375 e. The van der Waals surface area contributed by atoms with Gasteiger partial charge in [0, 0.05) is 81.7 Å². The van der Waals surface area contributed by atoms with E-state index in [1.54, 1.807) is 51.1 Å². The van der Waals surface area contributed by atoms with Gasteiger partial charge in [-0.15, -0.1) is 0 Å². The number of amides is 5. The number of hydrogen-bond acceptors (Lipinski definition) is 9. The van der Waals surface area contributed by atoms with Gasteiger partial charge in [-0.05, 0) is 111 Å². The Kier molecular flexibility index (Phi) is 18.2. The van der Waals surface area contributed by atoms with Gasteiger partial charge in [0.1, 0.15) is 11.6 Å². The molecule has 11 rings (SSSR count). The van der Waals surface area contributed by atoms with E-state index in [1.807, 2.05) is 12.1 Å². The third-order valence-corrected chi connectivity index (χ3v) is 17.8. The number of benzene rings is 3. The highest BCUT2D eigenvalue weighted by Crippen LogP contribution is 2.52. The maximum Gasteiger partial charge on any atom is 0.272 e. The molecule has 3 aromatic carbocycles. The number of fused-ring (bicyclic) bond motifs is 3. The number of likely N-dealkylation sites (tertiary alicyclic amines) is 2. The highest BCUT2D eigenvalue weighted by molar-refractivity contribution is 5.95. The largest absolute Gasteiger partial charge is 0.375 e. The summed E-state index contributed by atoms with van der Waals surface area (Å²) < 4.78 is 35.8. The highest BCUT2D eigenvalue weighted by atomic mass is 19.1. The van der Waals surface area contributed by atoms with Crippen LogP contribution in [0.4, 0.5) is 8.78 Å². The zero-order valence-corrected chi connectivity index (χ0v) is 45.1. The van der Waals surface area contributed by atoms with Crippen LogP contribution in [-0.2, 0) is 25.5 Å². The first kappa shape index (κ1) is 55.7. The fourth-order valence-corrected chi connectivity index (χ4v) is 12.7. The first-order valence-corrected chi connectivity index (χ1v) is 28.5. The smallest absolute Gasteiger partial charge is 0.272 e. The summed E-state index contributed by atoms with van der Waals surface area (Å²) in [5.41, 5.74) is 6.70. The second kappa shape index (κ2) is 25.2. The SMILES string of the molecule is CC1(C(=O)N2C3CCC2CC(c2cccc(C(N)=O)c2F)C3)CC1.CCC1CCCCC1.O=CN1CCC(OC2CCN(CC(=O)N3CCN(C(=O)c4cc(Cc5n[nH]c(=O)c6ccccc56)ccc4F)CC3)CC2)CC1. The van der Waals surface area contributed by atoms with Crippen LogP contribution in [0, 0.1) is 23.0 Å². The van der Waals surface area contributed by atoms with Crippen molar-refractivity contribution in [1.82, 2.24) is 34.7 Å². The van der Waals surface area contributed by atoms with Gasteiger partial charge >= 0.3 is 0 Å². The standard InChI is InChI=1S/C33H39FN6O5.C19H23FN2O2.C8H16/c34-29-6-5-23(20-30-26-3-1-2-4-27(26)32(43)36-35-30)19-28(29)33(44)40-17-15-39(16-18-40)31(42)21-37-11-7-24(8-12-37)45-25-9-13-38(22-41)14-10-25;1-19(7-8-19)18(24)22-12-5-6-13(22)10-11(9-12)14-3-2-4-15(16(14)20)17(21)23;1-2-8-6-4-3-5-7-8/h1-6,19,22,24-25H,7-18,20-21H2,(H,36,43);2-4,11-13H,5-10H2,1H3,(H2,21,23);8H,2-7H2,1H3. The molecule has 5 amide bonds. The molecule has 5 saturated heterocycles. The Morgan fingerprint density at radius 2 is 1.40 bits per heavy atom. The van der Waals surface area contributed by atoms with Crippen molar-refractivity contribution < 1.29 is 37.5 Å². The number of halogens is 2. The number of carbonyl (C=O) groups is 5. The zero-order chi connectivity index (χ0) is 54.2. The lowest BCUT2D eigenvalue weighted by atomic mass is 9.83. The van der Waals surface area contributed by atoms with Gasteiger partial charge in [-0.3, -0.25) is 33.7 Å². The summed E-state index contributed by atoms with van der Waals surface area (Å²) in [6.07, 6.45) is 19.6. The van der Waals surface area contributed by atoms with Crippen molar-refractivity contribution in [3.05, 3.63) is 111 Å². The van der Waals surface area contributed by atoms with Gasteiger partial charge in [-0.2, -0.15) is 5.10 Å². The number of carbonyl (C=O) groups excluding carboxylic acids is 5. The Morgan fingerprint density at radius 1 is 0.766 bits per heavy atom. The summed E-state index contributed by atoms with van der Waals surface area (Å²) in [5, 5.41) is 7.96. The molecule has 2 aliphatic carbocycles. The first-order valence-electron chi connectivity index (χ1n) is 28.5. The topological polar surface area (TPSA) is 183 Å². The molecule has 2 atom stereocenters. The zero-order valence-electron chi connectivity index (χ0n) is 45.1. The van der Waals surface area contributed by atoms with E-state index in [0.29, 0.717) is 72.6 Å². The fourth-order valence-electron chi connectivity index (χ4n) is 12.7. The first-order chi connectivity index (χ1) is 37.2. The molecule has 6 heterocycles. The highest BCUT2D eigenvalue weighted by Gasteiger charge is 2.53. The molecule has 15 nitrogen and oxygen atoms in total. The minimum absolute atomic E-state index is 0.0135. The number of nitrogens with zero attached hydrogens (tertiary/aromatic N) is 6. The van der Waals surface area contributed by atoms with Gasteiger partial charge in [-0.1, -0.05) is 88.8 Å². The quantitative estimate of drug-likeness (QED) is 0.133. The third-order valence-electron chi connectivity index (χ3n) is 17.8. The molecule has 2 bridgehead atoms. The van der Waals surface area contributed by atoms with E-state index in [9.17, 15) is 37.5 Å². The monoisotopic (exact) mass is 1060 g/mol. The number of primary amides is 1. The van der Waals surface area contributed by atoms with Crippen LogP contribution in [0.1, 0.15) is 160 Å². The number of H-pyrrole nitrogens is 1. The van der Waals surface area contributed by atoms with Gasteiger partial charge in [0.2, 0.25) is 18.2 Å². The molecule has 2 unspecified atom stereocenters. The number of aromatic amines is 1. The summed E-state index contributed by atoms with van der Waals surface area (Å²) in [4.78, 5) is 83.1. The number of hydrogen-bond donors (Lipinski definition) is 2. The molecule has 3 N–H and O–H groups in total. The van der Waals surface area contributed by atoms with Gasteiger partial charge in [0.15, 0.2) is 0 Å². The van der Waals surface area contributed by atoms with Gasteiger partial charge < -0.3 is 30.1 Å². The minimum atomic E-state index is -0.730. The fraction of sp³-hybridized carbons (Fsp3) is 0.583. The molecule has 77 heavy (non-hydrogen) atoms. The summed E-state index contributed by atoms with van der Waals surface area (Å²) in [5.74, 6) is -0.743. The Labute approximate surface area is 451 Å². The lowest BCUT2D eigenvalue weighted by Crippen LogP contribution is -2.53. The Morgan fingerprint density at radius 3 is 2.01 bits per heavy atom. The Hall–Kier alpha value is -6.07. The van der Waals surface area contributed by atoms with Crippen molar-refractivity contribution >= 4 is 40.8 Å². The van der Waals surface area contributed by atoms with Crippen molar-refractivity contribution in [2.75, 3.05) is 58.9 Å². The average Bonchev–Trinajstić information content (AvgIpc) is 4.28. The van der Waals surface area contributed by atoms with Gasteiger partial charge in [-0.25, -0.2) is 13.9 Å². The normalized spacial score (nSPS) is 22.9. The van der Waals surface area contributed by atoms with Crippen LogP contribution >= 0.6 is 0 Å². The summed E-state index contributed by atoms with van der Waals surface area (Å²) in [7, 11) is 0. The van der Waals surface area contributed by atoms with E-state index in [4.69, 9.17) is 10.5 Å². The van der Waals surface area contributed by atoms with Crippen LogP contribution in [-0.4, -0.2) is 148 Å². The van der Waals surface area contributed by atoms with Crippen molar-refractivity contribution in [2.45, 2.75) is 153 Å². The summed E-state index contributed by atoms with van der Waals surface area (Å²) in [6, 6.07) is 16.9. The second-order valence-electron chi connectivity index (χ2n) is 23.0. The van der Waals surface area contributed by atoms with Crippen LogP contribution in [0.15, 0.2) is 65.5 Å². The van der Waals surface area contributed by atoms with Crippen molar-refractivity contribution in [2.24, 2.45) is 17.1 Å². The van der Waals surface area contributed by atoms with E-state index in [1.165, 1.54) is 50.7 Å². The maximum atomic E-state index is 14.9. The van der Waals surface area contributed by atoms with Crippen LogP contribution in [0.5, 0.6) is 0 Å². The van der Waals surface area contributed by atoms with Crippen LogP contribution in [0.2, 0.25) is 0 Å². The number of piperidine rings is 3. The maximum absolute atomic E-state index is 14.9. The summed E-state index contributed by atoms with van der Waals surface area (Å²) >= 11 is 0. The van der Waals surface area contributed by atoms with Crippen LogP contribution in [0.3, 0.4) is 0 Å². The Bertz CT molecular complexity index is 2780. The average molecular weight is 1060 g/mol. The van der Waals surface area contributed by atoms with Crippen molar-refractivity contribution in [1.29, 1.82) is 0 Å². The van der Waals surface area contributed by atoms with Crippen LogP contribution < -0.4 is 11.3 Å². The van der Waals surface area contributed by atoms with E-state index in [0.717, 1.165) is 103 Å². The molecule has 7 aliphatic rings. The van der Waals surface area contributed by atoms with Crippen molar-refractivity contribution in [3.63, 3.8) is 0 Å². The molecule has 4 aromatic rings. The number of nitrogens with one attached hydrogen (secondary N) is 1. The molecule has 7 fully saturated rings. The lowest BCUT2D eigenvalue weighted by molar-refractivity contribution is -0.141. The molecule has 414 valence electrons. The molecule has 2 saturated carbocycles. The lowest BCUT2D eigenvalue weighted by Gasteiger charge is -2.40. The predicted octanol–water partition coefficient (Wildman–Crippen LogP) is 7.98. The van der Waals surface area contributed by atoms with E-state index >= 15 is 0 Å². The predicted molar refractivity (Wildman–Crippen MR) is 290 cm³/mol. The third kappa shape index (κ3) is 13.4. The molecule has 17 heteroatoms. The number of rotatable bonds is 12. The van der Waals surface area contributed by atoms with Gasteiger partial charge in [0.25, 0.3) is 17.4 Å². The Balaban J connectivity index is 0.000000186. The molecule has 0 radical (unpaired) electrons. The molecular formula is C60H78F2N8O7. The van der Waals surface area contributed by atoms with E-state index in [2.05, 4.69) is 33.8 Å². The number of aromatic nitrogens is 2. The molecule has 0 spiro atoms. The number of nitrogens with two attached hydrogens (primary N) is 1. The van der Waals surface area contributed by atoms with Crippen molar-refractivity contribution in [3.8, 4) is 0 Å². The van der Waals surface area contributed by atoms with E-state index in [-0.39, 0.29) is 58.2 Å². The number of piperazine rings is 1. The second-order valence-corrected chi connectivity index (χ2v) is 23.0. The summed E-state index contributed by atoms with van der Waals surface area (Å²) in [6.45, 7) is 9.25. The molecular weight excluding hydrogens is 983 g/mol. The van der Waals surface area contributed by atoms with Gasteiger partial charge in [0.05, 0.1) is 41.0 Å². The number of ether oxygens (including phenoxy) is 1. The molecule has 1 aromatic heterocycles. The molecule has 5 aliphatic heterocycles. The van der Waals surface area contributed by atoms with Crippen LogP contribution in [0.25, 0.3) is 10.8 Å².